The van der Waals surface area contributed by atoms with Gasteiger partial charge in [-0.05, 0) is 60.6 Å². The molecular formula is C20H16Cl2N2O4S. The standard InChI is InChI=1S/C20H16Cl2N2O4S/c1-2-27-16-9-12(7-14-18(25)23-20(29)24-19(14)26)8-15(22)17(16)28-10-11-4-3-5-13(21)6-11/h3-9H,2,10H2,1H3,(H2,23,24,25,26,29). The van der Waals surface area contributed by atoms with Crippen LogP contribution in [0.1, 0.15) is 18.1 Å². The molecule has 0 atom stereocenters. The van der Waals surface area contributed by atoms with Gasteiger partial charge in [-0.25, -0.2) is 0 Å². The maximum atomic E-state index is 12.0. The Morgan fingerprint density at radius 2 is 1.79 bits per heavy atom. The van der Waals surface area contributed by atoms with Crippen LogP contribution in [0.25, 0.3) is 6.08 Å². The largest absolute Gasteiger partial charge is 0.490 e. The van der Waals surface area contributed by atoms with Crippen molar-refractivity contribution in [3.05, 3.63) is 63.1 Å². The minimum Gasteiger partial charge on any atom is -0.490 e. The van der Waals surface area contributed by atoms with E-state index in [9.17, 15) is 9.59 Å². The molecule has 2 N–H and O–H groups in total. The fourth-order valence-corrected chi connectivity index (χ4v) is 3.30. The highest BCUT2D eigenvalue weighted by atomic mass is 35.5. The number of carbonyl (C=O) groups is 2. The molecule has 0 saturated carbocycles. The molecule has 0 bridgehead atoms. The highest BCUT2D eigenvalue weighted by Crippen LogP contribution is 2.38. The van der Waals surface area contributed by atoms with Crippen LogP contribution in [-0.4, -0.2) is 23.5 Å². The highest BCUT2D eigenvalue weighted by molar-refractivity contribution is 7.80. The first-order valence-electron chi connectivity index (χ1n) is 8.59. The number of amides is 2. The van der Waals surface area contributed by atoms with E-state index in [1.807, 2.05) is 19.1 Å². The predicted octanol–water partition coefficient (Wildman–Crippen LogP) is 3.89. The molecule has 1 aliphatic heterocycles. The lowest BCUT2D eigenvalue weighted by Crippen LogP contribution is -2.51. The van der Waals surface area contributed by atoms with Gasteiger partial charge in [-0.15, -0.1) is 0 Å². The summed E-state index contributed by atoms with van der Waals surface area (Å²) < 4.78 is 11.5. The first-order chi connectivity index (χ1) is 13.9. The van der Waals surface area contributed by atoms with Gasteiger partial charge in [0.1, 0.15) is 12.2 Å². The van der Waals surface area contributed by atoms with Gasteiger partial charge in [0.25, 0.3) is 11.8 Å². The summed E-state index contributed by atoms with van der Waals surface area (Å²) in [6, 6.07) is 10.5. The Kier molecular flexibility index (Phi) is 6.74. The Morgan fingerprint density at radius 3 is 2.45 bits per heavy atom. The van der Waals surface area contributed by atoms with Gasteiger partial charge in [-0.2, -0.15) is 0 Å². The second kappa shape index (κ2) is 9.26. The number of hydrogen-bond acceptors (Lipinski definition) is 5. The lowest BCUT2D eigenvalue weighted by molar-refractivity contribution is -0.123. The van der Waals surface area contributed by atoms with Crippen LogP contribution in [0.4, 0.5) is 0 Å². The minimum absolute atomic E-state index is 0.0325. The van der Waals surface area contributed by atoms with Crippen molar-refractivity contribution in [3.8, 4) is 11.5 Å². The summed E-state index contributed by atoms with van der Waals surface area (Å²) >= 11 is 17.2. The smallest absolute Gasteiger partial charge is 0.263 e. The van der Waals surface area contributed by atoms with E-state index in [4.69, 9.17) is 44.9 Å². The maximum Gasteiger partial charge on any atom is 0.263 e. The van der Waals surface area contributed by atoms with Crippen molar-refractivity contribution < 1.29 is 19.1 Å². The monoisotopic (exact) mass is 450 g/mol. The third kappa shape index (κ3) is 5.26. The predicted molar refractivity (Wildman–Crippen MR) is 115 cm³/mol. The average Bonchev–Trinajstić information content (AvgIpc) is 2.64. The van der Waals surface area contributed by atoms with E-state index >= 15 is 0 Å². The molecule has 0 unspecified atom stereocenters. The summed E-state index contributed by atoms with van der Waals surface area (Å²) in [6.45, 7) is 2.44. The van der Waals surface area contributed by atoms with Crippen molar-refractivity contribution in [1.29, 1.82) is 0 Å². The quantitative estimate of drug-likeness (QED) is 0.396. The molecule has 150 valence electrons. The Morgan fingerprint density at radius 1 is 1.07 bits per heavy atom. The maximum absolute atomic E-state index is 12.0. The Bertz CT molecular complexity index is 1000. The topological polar surface area (TPSA) is 76.7 Å². The molecule has 29 heavy (non-hydrogen) atoms. The molecule has 1 fully saturated rings. The normalized spacial score (nSPS) is 13.6. The molecule has 0 radical (unpaired) electrons. The van der Waals surface area contributed by atoms with Gasteiger partial charge < -0.3 is 9.47 Å². The van der Waals surface area contributed by atoms with Crippen LogP contribution in [0.15, 0.2) is 42.0 Å². The van der Waals surface area contributed by atoms with E-state index in [1.165, 1.54) is 6.08 Å². The minimum atomic E-state index is -0.589. The Labute approximate surface area is 182 Å². The molecule has 1 aliphatic rings. The summed E-state index contributed by atoms with van der Waals surface area (Å²) in [5, 5.41) is 5.61. The van der Waals surface area contributed by atoms with Gasteiger partial charge in [-0.1, -0.05) is 35.3 Å². The third-order valence-electron chi connectivity index (χ3n) is 3.86. The lowest BCUT2D eigenvalue weighted by Gasteiger charge is -2.17. The number of thiocarbonyl (C=S) groups is 1. The van der Waals surface area contributed by atoms with Crippen molar-refractivity contribution in [2.24, 2.45) is 0 Å². The van der Waals surface area contributed by atoms with Gasteiger partial charge >= 0.3 is 0 Å². The van der Waals surface area contributed by atoms with Crippen molar-refractivity contribution in [2.45, 2.75) is 13.5 Å². The number of benzene rings is 2. The summed E-state index contributed by atoms with van der Waals surface area (Å²) in [6.07, 6.45) is 1.40. The molecular weight excluding hydrogens is 435 g/mol. The number of ether oxygens (including phenoxy) is 2. The van der Waals surface area contributed by atoms with Gasteiger partial charge in [0.05, 0.1) is 11.6 Å². The molecule has 2 aromatic rings. The Balaban J connectivity index is 1.90. The summed E-state index contributed by atoms with van der Waals surface area (Å²) in [5.41, 5.74) is 1.28. The van der Waals surface area contributed by atoms with Crippen molar-refractivity contribution in [2.75, 3.05) is 6.61 Å². The van der Waals surface area contributed by atoms with Crippen molar-refractivity contribution >= 4 is 58.4 Å². The van der Waals surface area contributed by atoms with E-state index in [2.05, 4.69) is 10.6 Å². The van der Waals surface area contributed by atoms with Crippen LogP contribution in [0.5, 0.6) is 11.5 Å². The van der Waals surface area contributed by atoms with Crippen LogP contribution in [0, 0.1) is 0 Å². The molecule has 0 aromatic heterocycles. The molecule has 0 spiro atoms. The van der Waals surface area contributed by atoms with Gasteiger partial charge in [0.15, 0.2) is 16.6 Å². The van der Waals surface area contributed by atoms with Gasteiger partial charge in [0, 0.05) is 5.02 Å². The van der Waals surface area contributed by atoms with E-state index in [1.54, 1.807) is 24.3 Å². The number of halogens is 2. The zero-order valence-electron chi connectivity index (χ0n) is 15.3. The summed E-state index contributed by atoms with van der Waals surface area (Å²) in [7, 11) is 0. The molecule has 2 amide bonds. The van der Waals surface area contributed by atoms with E-state index in [0.29, 0.717) is 28.7 Å². The molecule has 0 aliphatic carbocycles. The SMILES string of the molecule is CCOc1cc(C=C2C(=O)NC(=S)NC2=O)cc(Cl)c1OCc1cccc(Cl)c1. The molecule has 1 saturated heterocycles. The summed E-state index contributed by atoms with van der Waals surface area (Å²) in [4.78, 5) is 24.1. The number of rotatable bonds is 6. The zero-order chi connectivity index (χ0) is 21.0. The summed E-state index contributed by atoms with van der Waals surface area (Å²) in [5.74, 6) is -0.432. The van der Waals surface area contributed by atoms with Crippen LogP contribution in [0.2, 0.25) is 10.0 Å². The number of nitrogens with one attached hydrogen (secondary N) is 2. The van der Waals surface area contributed by atoms with Crippen molar-refractivity contribution in [1.82, 2.24) is 10.6 Å². The second-order valence-corrected chi connectivity index (χ2v) is 7.23. The first-order valence-corrected chi connectivity index (χ1v) is 9.75. The third-order valence-corrected chi connectivity index (χ3v) is 4.58. The fraction of sp³-hybridized carbons (Fsp3) is 0.150. The number of hydrogen-bond donors (Lipinski definition) is 2. The zero-order valence-corrected chi connectivity index (χ0v) is 17.6. The van der Waals surface area contributed by atoms with Crippen LogP contribution >= 0.6 is 35.4 Å². The molecule has 6 nitrogen and oxygen atoms in total. The van der Waals surface area contributed by atoms with Gasteiger partial charge in [0.2, 0.25) is 0 Å². The van der Waals surface area contributed by atoms with E-state index in [-0.39, 0.29) is 22.3 Å². The fourth-order valence-electron chi connectivity index (χ4n) is 2.63. The van der Waals surface area contributed by atoms with Crippen LogP contribution < -0.4 is 20.1 Å². The average molecular weight is 451 g/mol. The van der Waals surface area contributed by atoms with Crippen molar-refractivity contribution in [3.63, 3.8) is 0 Å². The Hall–Kier alpha value is -2.61. The molecule has 2 aromatic carbocycles. The van der Waals surface area contributed by atoms with E-state index < -0.39 is 11.8 Å². The van der Waals surface area contributed by atoms with Gasteiger partial charge in [-0.3, -0.25) is 20.2 Å². The molecule has 1 heterocycles. The van der Waals surface area contributed by atoms with Crippen LogP contribution in [0.3, 0.4) is 0 Å². The lowest BCUT2D eigenvalue weighted by atomic mass is 10.1. The second-order valence-electron chi connectivity index (χ2n) is 5.98. The van der Waals surface area contributed by atoms with Crippen LogP contribution in [-0.2, 0) is 16.2 Å². The molecule has 3 rings (SSSR count). The first kappa shape index (κ1) is 21.1. The molecule has 9 heteroatoms. The van der Waals surface area contributed by atoms with E-state index in [0.717, 1.165) is 5.56 Å². The number of carbonyl (C=O) groups excluding carboxylic acids is 2. The highest BCUT2D eigenvalue weighted by Gasteiger charge is 2.26.